The molecule has 0 aliphatic rings. The van der Waals surface area contributed by atoms with Gasteiger partial charge < -0.3 is 14.8 Å². The maximum Gasteiger partial charge on any atom is 0.257 e. The molecule has 1 aromatic heterocycles. The van der Waals surface area contributed by atoms with E-state index in [4.69, 9.17) is 21.1 Å². The van der Waals surface area contributed by atoms with Gasteiger partial charge in [-0.15, -0.1) is 0 Å². The van der Waals surface area contributed by atoms with Crippen molar-refractivity contribution in [1.29, 1.82) is 0 Å². The summed E-state index contributed by atoms with van der Waals surface area (Å²) in [6, 6.07) is 18.0. The quantitative estimate of drug-likeness (QED) is 0.477. The molecular weight excluding hydrogens is 400 g/mol. The van der Waals surface area contributed by atoms with Gasteiger partial charge in [0.15, 0.2) is 0 Å². The average molecular weight is 425 g/mol. The molecule has 156 valence electrons. The standard InChI is InChI=1S/C24H25ClN2O3/c1-4-29-16(2)14-20-10-13-23(17(3)26-20)24(28)27-19-8-11-21(12-9-19)30-22-7-5-6-18(25)15-22/h5-13,15-16H,4,14H2,1-3H3,(H,27,28). The highest BCUT2D eigenvalue weighted by Gasteiger charge is 2.13. The van der Waals surface area contributed by atoms with Crippen LogP contribution in [0, 0.1) is 6.92 Å². The van der Waals surface area contributed by atoms with Crippen LogP contribution in [0.5, 0.6) is 11.5 Å². The van der Waals surface area contributed by atoms with Crippen molar-refractivity contribution in [2.45, 2.75) is 33.3 Å². The number of anilines is 1. The fourth-order valence-corrected chi connectivity index (χ4v) is 3.26. The van der Waals surface area contributed by atoms with E-state index in [1.54, 1.807) is 36.4 Å². The molecule has 3 rings (SSSR count). The lowest BCUT2D eigenvalue weighted by Gasteiger charge is -2.13. The fourth-order valence-electron chi connectivity index (χ4n) is 3.08. The first-order valence-electron chi connectivity index (χ1n) is 9.87. The van der Waals surface area contributed by atoms with Crippen LogP contribution in [0.3, 0.4) is 0 Å². The van der Waals surface area contributed by atoms with Crippen molar-refractivity contribution >= 4 is 23.2 Å². The smallest absolute Gasteiger partial charge is 0.257 e. The second kappa shape index (κ2) is 10.2. The number of ether oxygens (including phenoxy) is 2. The molecule has 0 aliphatic heterocycles. The summed E-state index contributed by atoms with van der Waals surface area (Å²) in [4.78, 5) is 17.2. The predicted octanol–water partition coefficient (Wildman–Crippen LogP) is 6.06. The highest BCUT2D eigenvalue weighted by Crippen LogP contribution is 2.25. The number of hydrogen-bond donors (Lipinski definition) is 1. The number of rotatable bonds is 8. The Balaban J connectivity index is 1.62. The molecule has 30 heavy (non-hydrogen) atoms. The van der Waals surface area contributed by atoms with Crippen LogP contribution in [-0.4, -0.2) is 23.6 Å². The van der Waals surface area contributed by atoms with Crippen LogP contribution in [0.1, 0.15) is 35.6 Å². The van der Waals surface area contributed by atoms with Gasteiger partial charge >= 0.3 is 0 Å². The van der Waals surface area contributed by atoms with E-state index >= 15 is 0 Å². The molecule has 5 nitrogen and oxygen atoms in total. The summed E-state index contributed by atoms with van der Waals surface area (Å²) in [6.45, 7) is 6.49. The van der Waals surface area contributed by atoms with Crippen molar-refractivity contribution in [2.24, 2.45) is 0 Å². The van der Waals surface area contributed by atoms with Gasteiger partial charge in [-0.2, -0.15) is 0 Å². The number of halogens is 1. The Morgan fingerprint density at radius 2 is 1.87 bits per heavy atom. The molecule has 3 aromatic rings. The lowest BCUT2D eigenvalue weighted by atomic mass is 10.1. The molecule has 1 unspecified atom stereocenters. The van der Waals surface area contributed by atoms with E-state index in [0.717, 1.165) is 5.69 Å². The molecule has 2 aromatic carbocycles. The van der Waals surface area contributed by atoms with E-state index in [9.17, 15) is 4.79 Å². The Morgan fingerprint density at radius 1 is 1.10 bits per heavy atom. The first-order valence-corrected chi connectivity index (χ1v) is 10.3. The molecule has 0 saturated carbocycles. The van der Waals surface area contributed by atoms with Gasteiger partial charge in [-0.05, 0) is 75.4 Å². The highest BCUT2D eigenvalue weighted by atomic mass is 35.5. The van der Waals surface area contributed by atoms with E-state index in [0.29, 0.717) is 46.5 Å². The lowest BCUT2D eigenvalue weighted by molar-refractivity contribution is 0.0761. The first-order chi connectivity index (χ1) is 14.4. The zero-order valence-corrected chi connectivity index (χ0v) is 18.1. The monoisotopic (exact) mass is 424 g/mol. The second-order valence-electron chi connectivity index (χ2n) is 6.94. The molecule has 1 amide bonds. The third-order valence-electron chi connectivity index (χ3n) is 4.48. The summed E-state index contributed by atoms with van der Waals surface area (Å²) < 4.78 is 11.3. The Morgan fingerprint density at radius 3 is 2.53 bits per heavy atom. The van der Waals surface area contributed by atoms with Crippen molar-refractivity contribution in [2.75, 3.05) is 11.9 Å². The number of benzene rings is 2. The van der Waals surface area contributed by atoms with Gasteiger partial charge in [-0.1, -0.05) is 17.7 Å². The zero-order valence-electron chi connectivity index (χ0n) is 17.3. The average Bonchev–Trinajstić information content (AvgIpc) is 2.69. The van der Waals surface area contributed by atoms with E-state index in [2.05, 4.69) is 10.3 Å². The molecule has 0 fully saturated rings. The third-order valence-corrected chi connectivity index (χ3v) is 4.71. The molecule has 1 N–H and O–H groups in total. The minimum absolute atomic E-state index is 0.0919. The van der Waals surface area contributed by atoms with Gasteiger partial charge in [0.05, 0.1) is 17.4 Å². The third kappa shape index (κ3) is 6.05. The van der Waals surface area contributed by atoms with Crippen LogP contribution in [-0.2, 0) is 11.2 Å². The number of carbonyl (C=O) groups excluding carboxylic acids is 1. The zero-order chi connectivity index (χ0) is 21.5. The van der Waals surface area contributed by atoms with Gasteiger partial charge in [0.1, 0.15) is 11.5 Å². The maximum absolute atomic E-state index is 12.7. The number of hydrogen-bond acceptors (Lipinski definition) is 4. The SMILES string of the molecule is CCOC(C)Cc1ccc(C(=O)Nc2ccc(Oc3cccc(Cl)c3)cc2)c(C)n1. The number of nitrogens with one attached hydrogen (secondary N) is 1. The van der Waals surface area contributed by atoms with Crippen LogP contribution in [0.4, 0.5) is 5.69 Å². The van der Waals surface area contributed by atoms with Crippen LogP contribution < -0.4 is 10.1 Å². The lowest BCUT2D eigenvalue weighted by Crippen LogP contribution is -2.16. The number of amides is 1. The van der Waals surface area contributed by atoms with E-state index in [1.807, 2.05) is 45.0 Å². The van der Waals surface area contributed by atoms with Crippen molar-refractivity contribution in [3.63, 3.8) is 0 Å². The summed E-state index contributed by atoms with van der Waals surface area (Å²) in [6.07, 6.45) is 0.805. The summed E-state index contributed by atoms with van der Waals surface area (Å²) in [5.74, 6) is 1.11. The summed E-state index contributed by atoms with van der Waals surface area (Å²) >= 11 is 5.97. The normalized spacial score (nSPS) is 11.7. The minimum atomic E-state index is -0.201. The van der Waals surface area contributed by atoms with Crippen LogP contribution in [0.2, 0.25) is 5.02 Å². The molecule has 0 spiro atoms. The van der Waals surface area contributed by atoms with Crippen molar-refractivity contribution in [3.05, 3.63) is 82.6 Å². The molecule has 0 aliphatic carbocycles. The molecule has 1 heterocycles. The van der Waals surface area contributed by atoms with Crippen molar-refractivity contribution in [1.82, 2.24) is 4.98 Å². The van der Waals surface area contributed by atoms with E-state index in [-0.39, 0.29) is 12.0 Å². The van der Waals surface area contributed by atoms with Gasteiger partial charge in [0.2, 0.25) is 0 Å². The predicted molar refractivity (Wildman–Crippen MR) is 120 cm³/mol. The maximum atomic E-state index is 12.7. The Hall–Kier alpha value is -2.89. The van der Waals surface area contributed by atoms with Gasteiger partial charge in [-0.25, -0.2) is 0 Å². The Labute approximate surface area is 182 Å². The highest BCUT2D eigenvalue weighted by molar-refractivity contribution is 6.30. The number of nitrogens with zero attached hydrogens (tertiary/aromatic N) is 1. The first kappa shape index (κ1) is 21.8. The summed E-state index contributed by atoms with van der Waals surface area (Å²) in [5, 5.41) is 3.51. The largest absolute Gasteiger partial charge is 0.457 e. The van der Waals surface area contributed by atoms with Crippen LogP contribution in [0.25, 0.3) is 0 Å². The van der Waals surface area contributed by atoms with Gasteiger partial charge in [0, 0.05) is 29.4 Å². The van der Waals surface area contributed by atoms with Gasteiger partial charge in [-0.3, -0.25) is 9.78 Å². The number of aryl methyl sites for hydroxylation is 1. The molecule has 1 atom stereocenters. The van der Waals surface area contributed by atoms with Crippen LogP contribution >= 0.6 is 11.6 Å². The van der Waals surface area contributed by atoms with E-state index in [1.165, 1.54) is 0 Å². The molecule has 0 saturated heterocycles. The molecule has 0 radical (unpaired) electrons. The number of pyridine rings is 1. The Bertz CT molecular complexity index is 1010. The van der Waals surface area contributed by atoms with Gasteiger partial charge in [0.25, 0.3) is 5.91 Å². The number of carbonyl (C=O) groups is 1. The second-order valence-corrected chi connectivity index (χ2v) is 7.38. The van der Waals surface area contributed by atoms with Crippen molar-refractivity contribution in [3.8, 4) is 11.5 Å². The summed E-state index contributed by atoms with van der Waals surface area (Å²) in [7, 11) is 0. The number of aromatic nitrogens is 1. The van der Waals surface area contributed by atoms with E-state index < -0.39 is 0 Å². The van der Waals surface area contributed by atoms with Crippen molar-refractivity contribution < 1.29 is 14.3 Å². The molecular formula is C24H25ClN2O3. The van der Waals surface area contributed by atoms with Crippen LogP contribution in [0.15, 0.2) is 60.7 Å². The molecule has 6 heteroatoms. The topological polar surface area (TPSA) is 60.5 Å². The Kier molecular flexibility index (Phi) is 7.44. The summed E-state index contributed by atoms with van der Waals surface area (Å²) in [5.41, 5.74) is 2.82. The molecule has 0 bridgehead atoms. The minimum Gasteiger partial charge on any atom is -0.457 e. The fraction of sp³-hybridized carbons (Fsp3) is 0.250.